The molecule has 3 heteroatoms. The van der Waals surface area contributed by atoms with E-state index in [-0.39, 0.29) is 5.78 Å². The minimum absolute atomic E-state index is 0.0429. The van der Waals surface area contributed by atoms with Crippen LogP contribution < -0.4 is 5.32 Å². The summed E-state index contributed by atoms with van der Waals surface area (Å²) >= 11 is 3.47. The Morgan fingerprint density at radius 1 is 1.00 bits per heavy atom. The summed E-state index contributed by atoms with van der Waals surface area (Å²) in [7, 11) is 0. The van der Waals surface area contributed by atoms with Crippen molar-refractivity contribution in [1.82, 2.24) is 0 Å². The number of Topliss-reactive ketones (excluding diaryl/α,β-unsaturated/α-hetero) is 1. The van der Waals surface area contributed by atoms with Crippen LogP contribution in [0, 0.1) is 0 Å². The third-order valence-electron chi connectivity index (χ3n) is 2.89. The molecule has 0 unspecified atom stereocenters. The summed E-state index contributed by atoms with van der Waals surface area (Å²) in [4.78, 5) is 12.2. The van der Waals surface area contributed by atoms with Crippen LogP contribution in [0.4, 0.5) is 5.69 Å². The summed E-state index contributed by atoms with van der Waals surface area (Å²) in [5.41, 5.74) is 3.21. The van der Waals surface area contributed by atoms with Crippen LogP contribution in [0.25, 0.3) is 6.08 Å². The number of carbonyl (C=O) groups excluding carboxylic acids is 1. The number of fused-ring (bicyclic) bond motifs is 1. The highest BCUT2D eigenvalue weighted by Crippen LogP contribution is 2.29. The molecule has 0 atom stereocenters. The molecule has 88 valence electrons. The largest absolute Gasteiger partial charge is 0.352 e. The zero-order valence-corrected chi connectivity index (χ0v) is 11.1. The molecular formula is C15H10BrNO. The predicted octanol–water partition coefficient (Wildman–Crippen LogP) is 4.10. The molecule has 0 bridgehead atoms. The van der Waals surface area contributed by atoms with Gasteiger partial charge < -0.3 is 5.32 Å². The van der Waals surface area contributed by atoms with Crippen LogP contribution in [0.2, 0.25) is 0 Å². The van der Waals surface area contributed by atoms with E-state index >= 15 is 0 Å². The van der Waals surface area contributed by atoms with Gasteiger partial charge in [-0.1, -0.05) is 46.3 Å². The maximum atomic E-state index is 12.2. The van der Waals surface area contributed by atoms with Crippen molar-refractivity contribution in [3.63, 3.8) is 0 Å². The molecule has 0 spiro atoms. The Balaban J connectivity index is 2.02. The second kappa shape index (κ2) is 4.42. The third kappa shape index (κ3) is 1.87. The maximum Gasteiger partial charge on any atom is 0.211 e. The first-order valence-electron chi connectivity index (χ1n) is 5.63. The highest BCUT2D eigenvalue weighted by atomic mass is 79.9. The van der Waals surface area contributed by atoms with E-state index in [9.17, 15) is 4.79 Å². The van der Waals surface area contributed by atoms with E-state index in [2.05, 4.69) is 21.2 Å². The van der Waals surface area contributed by atoms with E-state index in [1.54, 1.807) is 0 Å². The highest BCUT2D eigenvalue weighted by molar-refractivity contribution is 9.10. The highest BCUT2D eigenvalue weighted by Gasteiger charge is 2.23. The van der Waals surface area contributed by atoms with Gasteiger partial charge in [0.15, 0.2) is 0 Å². The van der Waals surface area contributed by atoms with Gasteiger partial charge in [-0.2, -0.15) is 0 Å². The molecular weight excluding hydrogens is 290 g/mol. The summed E-state index contributed by atoms with van der Waals surface area (Å²) in [6.45, 7) is 0. The van der Waals surface area contributed by atoms with Gasteiger partial charge in [0.1, 0.15) is 0 Å². The van der Waals surface area contributed by atoms with E-state index in [0.29, 0.717) is 5.70 Å². The Kier molecular flexibility index (Phi) is 2.76. The molecule has 18 heavy (non-hydrogen) atoms. The van der Waals surface area contributed by atoms with Gasteiger partial charge in [0.25, 0.3) is 0 Å². The van der Waals surface area contributed by atoms with Crippen LogP contribution in [-0.4, -0.2) is 5.78 Å². The molecule has 2 nitrogen and oxygen atoms in total. The third-order valence-corrected chi connectivity index (χ3v) is 3.61. The Morgan fingerprint density at radius 2 is 1.72 bits per heavy atom. The smallest absolute Gasteiger partial charge is 0.211 e. The summed E-state index contributed by atoms with van der Waals surface area (Å²) in [5.74, 6) is 0.0429. The number of hydrogen-bond donors (Lipinski definition) is 1. The van der Waals surface area contributed by atoms with Crippen LogP contribution in [0.3, 0.4) is 0 Å². The molecule has 3 rings (SSSR count). The SMILES string of the molecule is O=C1/C(=C/c2ccccc2Br)Nc2ccccc21. The van der Waals surface area contributed by atoms with Gasteiger partial charge in [0, 0.05) is 15.7 Å². The van der Waals surface area contributed by atoms with Crippen molar-refractivity contribution in [1.29, 1.82) is 0 Å². The second-order valence-corrected chi connectivity index (χ2v) is 4.93. The fourth-order valence-electron chi connectivity index (χ4n) is 1.99. The lowest BCUT2D eigenvalue weighted by Gasteiger charge is -2.00. The van der Waals surface area contributed by atoms with E-state index in [1.807, 2.05) is 54.6 Å². The minimum Gasteiger partial charge on any atom is -0.352 e. The lowest BCUT2D eigenvalue weighted by Crippen LogP contribution is -1.99. The van der Waals surface area contributed by atoms with E-state index in [4.69, 9.17) is 0 Å². The van der Waals surface area contributed by atoms with Crippen molar-refractivity contribution in [3.8, 4) is 0 Å². The average molecular weight is 300 g/mol. The van der Waals surface area contributed by atoms with Crippen molar-refractivity contribution in [2.45, 2.75) is 0 Å². The van der Waals surface area contributed by atoms with Gasteiger partial charge in [0.2, 0.25) is 5.78 Å². The zero-order valence-electron chi connectivity index (χ0n) is 9.48. The molecule has 2 aromatic rings. The number of carbonyl (C=O) groups is 1. The lowest BCUT2D eigenvalue weighted by molar-refractivity contribution is 0.104. The van der Waals surface area contributed by atoms with E-state index in [1.165, 1.54) is 0 Å². The van der Waals surface area contributed by atoms with Crippen molar-refractivity contribution >= 4 is 33.5 Å². The molecule has 0 saturated heterocycles. The number of hydrogen-bond acceptors (Lipinski definition) is 2. The van der Waals surface area contributed by atoms with Crippen LogP contribution in [0.15, 0.2) is 58.7 Å². The summed E-state index contributed by atoms with van der Waals surface area (Å²) in [5, 5.41) is 3.15. The van der Waals surface area contributed by atoms with Gasteiger partial charge in [0.05, 0.1) is 5.70 Å². The number of para-hydroxylation sites is 1. The van der Waals surface area contributed by atoms with Gasteiger partial charge in [-0.3, -0.25) is 4.79 Å². The summed E-state index contributed by atoms with van der Waals surface area (Å²) < 4.78 is 0.975. The molecule has 0 radical (unpaired) electrons. The first-order valence-corrected chi connectivity index (χ1v) is 6.42. The van der Waals surface area contributed by atoms with E-state index in [0.717, 1.165) is 21.3 Å². The normalized spacial score (nSPS) is 15.6. The van der Waals surface area contributed by atoms with E-state index < -0.39 is 0 Å². The van der Waals surface area contributed by atoms with Crippen molar-refractivity contribution in [2.75, 3.05) is 5.32 Å². The van der Waals surface area contributed by atoms with Crippen molar-refractivity contribution in [2.24, 2.45) is 0 Å². The number of halogens is 1. The lowest BCUT2D eigenvalue weighted by atomic mass is 10.1. The molecule has 0 amide bonds. The molecule has 0 fully saturated rings. The zero-order chi connectivity index (χ0) is 12.5. The molecule has 1 N–H and O–H groups in total. The van der Waals surface area contributed by atoms with Gasteiger partial charge in [-0.05, 0) is 29.8 Å². The fraction of sp³-hybridized carbons (Fsp3) is 0. The van der Waals surface area contributed by atoms with Crippen molar-refractivity contribution in [3.05, 3.63) is 69.8 Å². The Labute approximate surface area is 113 Å². The number of nitrogens with one attached hydrogen (secondary N) is 1. The Bertz CT molecular complexity index is 661. The number of rotatable bonds is 1. The van der Waals surface area contributed by atoms with Crippen molar-refractivity contribution < 1.29 is 4.79 Å². The van der Waals surface area contributed by atoms with Crippen LogP contribution in [0.1, 0.15) is 15.9 Å². The van der Waals surface area contributed by atoms with Crippen LogP contribution in [0.5, 0.6) is 0 Å². The monoisotopic (exact) mass is 299 g/mol. The average Bonchev–Trinajstić information content (AvgIpc) is 2.70. The Hall–Kier alpha value is -1.87. The number of anilines is 1. The molecule has 0 saturated carbocycles. The van der Waals surface area contributed by atoms with Crippen LogP contribution >= 0.6 is 15.9 Å². The molecule has 2 aromatic carbocycles. The first-order chi connectivity index (χ1) is 8.75. The molecule has 1 aliphatic heterocycles. The molecule has 1 heterocycles. The quantitative estimate of drug-likeness (QED) is 0.803. The minimum atomic E-state index is 0.0429. The van der Waals surface area contributed by atoms with Gasteiger partial charge >= 0.3 is 0 Å². The maximum absolute atomic E-state index is 12.2. The Morgan fingerprint density at radius 3 is 2.50 bits per heavy atom. The van der Waals surface area contributed by atoms with Crippen LogP contribution in [-0.2, 0) is 0 Å². The molecule has 1 aliphatic rings. The topological polar surface area (TPSA) is 29.1 Å². The molecule has 0 aliphatic carbocycles. The predicted molar refractivity (Wildman–Crippen MR) is 76.5 cm³/mol. The van der Waals surface area contributed by atoms with Gasteiger partial charge in [-0.25, -0.2) is 0 Å². The second-order valence-electron chi connectivity index (χ2n) is 4.08. The fourth-order valence-corrected chi connectivity index (χ4v) is 2.39. The first kappa shape index (κ1) is 11.2. The standard InChI is InChI=1S/C15H10BrNO/c16-12-7-3-1-5-10(12)9-14-15(18)11-6-2-4-8-13(11)17-14/h1-9,17H/b14-9-. The summed E-state index contributed by atoms with van der Waals surface area (Å²) in [6.07, 6.45) is 1.87. The number of ketones is 1. The summed E-state index contributed by atoms with van der Waals surface area (Å²) in [6, 6.07) is 15.4. The number of benzene rings is 2. The molecule has 0 aromatic heterocycles. The van der Waals surface area contributed by atoms with Gasteiger partial charge in [-0.15, -0.1) is 0 Å². The number of allylic oxidation sites excluding steroid dienone is 1.